The van der Waals surface area contributed by atoms with Gasteiger partial charge in [-0.3, -0.25) is 9.59 Å². The largest absolute Gasteiger partial charge is 0.335 e. The molecular weight excluding hydrogens is 437 g/mol. The monoisotopic (exact) mass is 451 g/mol. The second kappa shape index (κ2) is 7.01. The minimum absolute atomic E-state index is 0.132. The molecule has 1 aliphatic rings. The first-order valence-corrected chi connectivity index (χ1v) is 9.93. The van der Waals surface area contributed by atoms with Crippen LogP contribution in [-0.4, -0.2) is 33.1 Å². The van der Waals surface area contributed by atoms with E-state index in [-0.39, 0.29) is 17.2 Å². The number of carbonyl (C=O) groups is 1. The number of benzene rings is 1. The molecule has 0 bridgehead atoms. The number of halogens is 2. The highest BCUT2D eigenvalue weighted by atomic mass is 79.9. The maximum atomic E-state index is 14.0. The Labute approximate surface area is 166 Å². The number of nitrogens with one attached hydrogen (secondary N) is 1. The highest BCUT2D eigenvalue weighted by Gasteiger charge is 2.33. The summed E-state index contributed by atoms with van der Waals surface area (Å²) in [5.74, 6) is -0.807. The standard InChI is InChI=1S/C17H15BrFN5O2S/c1-9-7-14(25)24-16(20-9)27-17(22-24)23-6-2-3-13(23)15(26)21-12-5-4-10(18)8-11(12)19/h4-5,7-8,13H,2-3,6H2,1H3,(H,21,26). The zero-order chi connectivity index (χ0) is 19.1. The molecule has 0 aliphatic carbocycles. The van der Waals surface area contributed by atoms with Crippen molar-refractivity contribution in [1.29, 1.82) is 0 Å². The first-order valence-electron chi connectivity index (χ1n) is 8.32. The molecule has 4 rings (SSSR count). The van der Waals surface area contributed by atoms with E-state index < -0.39 is 11.9 Å². The van der Waals surface area contributed by atoms with Crippen LogP contribution in [0.15, 0.2) is 33.5 Å². The predicted molar refractivity (Wildman–Crippen MR) is 105 cm³/mol. The highest BCUT2D eigenvalue weighted by Crippen LogP contribution is 2.30. The van der Waals surface area contributed by atoms with Gasteiger partial charge in [0.15, 0.2) is 0 Å². The highest BCUT2D eigenvalue weighted by molar-refractivity contribution is 9.10. The van der Waals surface area contributed by atoms with E-state index in [4.69, 9.17) is 0 Å². The molecule has 1 amide bonds. The van der Waals surface area contributed by atoms with Gasteiger partial charge in [0.2, 0.25) is 16.0 Å². The third-order valence-electron chi connectivity index (χ3n) is 4.35. The van der Waals surface area contributed by atoms with Crippen LogP contribution in [0.4, 0.5) is 15.2 Å². The zero-order valence-corrected chi connectivity index (χ0v) is 16.7. The molecule has 3 heterocycles. The lowest BCUT2D eigenvalue weighted by atomic mass is 10.2. The Morgan fingerprint density at radius 2 is 2.22 bits per heavy atom. The second-order valence-corrected chi connectivity index (χ2v) is 8.13. The van der Waals surface area contributed by atoms with Crippen molar-refractivity contribution in [3.63, 3.8) is 0 Å². The molecule has 1 aromatic carbocycles. The van der Waals surface area contributed by atoms with Crippen molar-refractivity contribution in [2.45, 2.75) is 25.8 Å². The molecule has 1 fully saturated rings. The number of aromatic nitrogens is 3. The molecule has 1 N–H and O–H groups in total. The van der Waals surface area contributed by atoms with Crippen molar-refractivity contribution in [2.75, 3.05) is 16.8 Å². The van der Waals surface area contributed by atoms with E-state index in [0.29, 0.717) is 33.2 Å². The first-order chi connectivity index (χ1) is 12.9. The van der Waals surface area contributed by atoms with Crippen molar-refractivity contribution >= 4 is 49.0 Å². The molecular formula is C17H15BrFN5O2S. The molecule has 7 nitrogen and oxygen atoms in total. The molecule has 1 unspecified atom stereocenters. The lowest BCUT2D eigenvalue weighted by Crippen LogP contribution is -2.40. The van der Waals surface area contributed by atoms with Crippen LogP contribution in [0.5, 0.6) is 0 Å². The van der Waals surface area contributed by atoms with Crippen LogP contribution in [0.1, 0.15) is 18.5 Å². The summed E-state index contributed by atoms with van der Waals surface area (Å²) >= 11 is 4.46. The minimum Gasteiger partial charge on any atom is -0.335 e. The number of hydrogen-bond donors (Lipinski definition) is 1. The Bertz CT molecular complexity index is 1100. The van der Waals surface area contributed by atoms with Gasteiger partial charge in [-0.05, 0) is 38.0 Å². The number of anilines is 2. The molecule has 1 aliphatic heterocycles. The molecule has 0 saturated carbocycles. The summed E-state index contributed by atoms with van der Waals surface area (Å²) in [6.45, 7) is 2.38. The van der Waals surface area contributed by atoms with Gasteiger partial charge in [0, 0.05) is 22.8 Å². The fraction of sp³-hybridized carbons (Fsp3) is 0.294. The Morgan fingerprint density at radius 1 is 1.41 bits per heavy atom. The van der Waals surface area contributed by atoms with E-state index in [1.54, 1.807) is 13.0 Å². The quantitative estimate of drug-likeness (QED) is 0.661. The molecule has 3 aromatic rings. The van der Waals surface area contributed by atoms with E-state index in [1.807, 2.05) is 4.90 Å². The van der Waals surface area contributed by atoms with Gasteiger partial charge in [-0.15, -0.1) is 5.10 Å². The number of hydrogen-bond acceptors (Lipinski definition) is 6. The fourth-order valence-electron chi connectivity index (χ4n) is 3.10. The normalized spacial score (nSPS) is 16.9. The summed E-state index contributed by atoms with van der Waals surface area (Å²) in [4.78, 5) is 31.5. The second-order valence-electron chi connectivity index (χ2n) is 6.28. The lowest BCUT2D eigenvalue weighted by Gasteiger charge is -2.22. The van der Waals surface area contributed by atoms with Crippen LogP contribution in [0.25, 0.3) is 4.96 Å². The Kier molecular flexibility index (Phi) is 4.68. The predicted octanol–water partition coefficient (Wildman–Crippen LogP) is 2.97. The summed E-state index contributed by atoms with van der Waals surface area (Å²) < 4.78 is 15.9. The SMILES string of the molecule is Cc1cc(=O)n2nc(N3CCCC3C(=O)Nc3ccc(Br)cc3F)sc2n1. The lowest BCUT2D eigenvalue weighted by molar-refractivity contribution is -0.117. The third kappa shape index (κ3) is 3.46. The van der Waals surface area contributed by atoms with Crippen molar-refractivity contribution < 1.29 is 9.18 Å². The Balaban J connectivity index is 1.61. The van der Waals surface area contributed by atoms with Crippen LogP contribution >= 0.6 is 27.3 Å². The molecule has 1 atom stereocenters. The van der Waals surface area contributed by atoms with Gasteiger partial charge in [0.25, 0.3) is 5.56 Å². The first kappa shape index (κ1) is 18.1. The summed E-state index contributed by atoms with van der Waals surface area (Å²) in [5, 5.41) is 7.53. The Morgan fingerprint density at radius 3 is 3.00 bits per heavy atom. The maximum Gasteiger partial charge on any atom is 0.275 e. The molecule has 27 heavy (non-hydrogen) atoms. The average Bonchev–Trinajstić information content (AvgIpc) is 3.23. The molecule has 0 spiro atoms. The third-order valence-corrected chi connectivity index (χ3v) is 5.79. The van der Waals surface area contributed by atoms with Gasteiger partial charge >= 0.3 is 0 Å². The van der Waals surface area contributed by atoms with Crippen LogP contribution < -0.4 is 15.8 Å². The molecule has 1 saturated heterocycles. The van der Waals surface area contributed by atoms with Crippen molar-refractivity contribution in [3.05, 3.63) is 50.6 Å². The smallest absolute Gasteiger partial charge is 0.275 e. The Hall–Kier alpha value is -2.33. The number of carbonyl (C=O) groups excluding carboxylic acids is 1. The number of fused-ring (bicyclic) bond motifs is 1. The summed E-state index contributed by atoms with van der Waals surface area (Å²) in [6.07, 6.45) is 1.43. The van der Waals surface area contributed by atoms with Gasteiger partial charge in [0.1, 0.15) is 11.9 Å². The molecule has 2 aromatic heterocycles. The number of amides is 1. The number of nitrogens with zero attached hydrogens (tertiary/aromatic N) is 4. The number of rotatable bonds is 3. The van der Waals surface area contributed by atoms with E-state index in [0.717, 1.165) is 6.42 Å². The van der Waals surface area contributed by atoms with Gasteiger partial charge in [-0.1, -0.05) is 27.3 Å². The van der Waals surface area contributed by atoms with Crippen LogP contribution in [-0.2, 0) is 4.79 Å². The van der Waals surface area contributed by atoms with Crippen molar-refractivity contribution in [2.24, 2.45) is 0 Å². The molecule has 0 radical (unpaired) electrons. The van der Waals surface area contributed by atoms with Gasteiger partial charge in [-0.2, -0.15) is 4.52 Å². The van der Waals surface area contributed by atoms with E-state index in [9.17, 15) is 14.0 Å². The zero-order valence-electron chi connectivity index (χ0n) is 14.3. The van der Waals surface area contributed by atoms with Crippen molar-refractivity contribution in [1.82, 2.24) is 14.6 Å². The summed E-state index contributed by atoms with van der Waals surface area (Å²) in [7, 11) is 0. The molecule has 140 valence electrons. The fourth-order valence-corrected chi connectivity index (χ4v) is 4.46. The number of aryl methyl sites for hydroxylation is 1. The molecule has 10 heteroatoms. The van der Waals surface area contributed by atoms with Crippen LogP contribution in [0.2, 0.25) is 0 Å². The van der Waals surface area contributed by atoms with Gasteiger partial charge in [0.05, 0.1) is 5.69 Å². The van der Waals surface area contributed by atoms with E-state index >= 15 is 0 Å². The van der Waals surface area contributed by atoms with E-state index in [2.05, 4.69) is 31.3 Å². The minimum atomic E-state index is -0.506. The van der Waals surface area contributed by atoms with Crippen LogP contribution in [0.3, 0.4) is 0 Å². The van der Waals surface area contributed by atoms with Gasteiger partial charge < -0.3 is 10.2 Å². The maximum absolute atomic E-state index is 14.0. The van der Waals surface area contributed by atoms with Gasteiger partial charge in [-0.25, -0.2) is 9.37 Å². The van der Waals surface area contributed by atoms with Crippen LogP contribution in [0, 0.1) is 12.7 Å². The average molecular weight is 452 g/mol. The van der Waals surface area contributed by atoms with E-state index in [1.165, 1.54) is 34.1 Å². The summed E-state index contributed by atoms with van der Waals surface area (Å²) in [5.41, 5.74) is 0.502. The topological polar surface area (TPSA) is 79.6 Å². The summed E-state index contributed by atoms with van der Waals surface area (Å²) in [6, 6.07) is 5.42. The van der Waals surface area contributed by atoms with Crippen molar-refractivity contribution in [3.8, 4) is 0 Å².